The number of carbonyl (C=O) groups excluding carboxylic acids is 1. The number of aliphatic hydroxyl groups excluding tert-OH is 1. The van der Waals surface area contributed by atoms with Crippen LogP contribution < -0.4 is 10.6 Å². The van der Waals surface area contributed by atoms with Crippen molar-refractivity contribution in [2.45, 2.75) is 45.3 Å². The highest BCUT2D eigenvalue weighted by Gasteiger charge is 2.19. The lowest BCUT2D eigenvalue weighted by Crippen LogP contribution is -2.45. The van der Waals surface area contributed by atoms with Crippen LogP contribution in [-0.2, 0) is 0 Å². The maximum atomic E-state index is 12.0. The minimum atomic E-state index is -0.518. The lowest BCUT2D eigenvalue weighted by molar-refractivity contribution is 0.0919. The summed E-state index contributed by atoms with van der Waals surface area (Å²) in [6, 6.07) is 3.85. The van der Waals surface area contributed by atoms with Crippen molar-refractivity contribution in [1.82, 2.24) is 15.5 Å². The van der Waals surface area contributed by atoms with Crippen LogP contribution in [0.3, 0.4) is 0 Å². The fraction of sp³-hybridized carbons (Fsp3) is 0.706. The molecule has 5 nitrogen and oxygen atoms in total. The normalized spacial score (nSPS) is 19.3. The molecule has 2 unspecified atom stereocenters. The molecule has 3 N–H and O–H groups in total. The predicted octanol–water partition coefficient (Wildman–Crippen LogP) is 2.59. The van der Waals surface area contributed by atoms with Crippen molar-refractivity contribution in [3.05, 3.63) is 22.4 Å². The molecular formula is C17H29N3O2S. The topological polar surface area (TPSA) is 64.6 Å². The van der Waals surface area contributed by atoms with Gasteiger partial charge in [0.15, 0.2) is 0 Å². The molecule has 1 aliphatic heterocycles. The van der Waals surface area contributed by atoms with Crippen molar-refractivity contribution in [1.29, 1.82) is 0 Å². The summed E-state index contributed by atoms with van der Waals surface area (Å²) in [7, 11) is 0. The van der Waals surface area contributed by atoms with Crippen molar-refractivity contribution in [3.63, 3.8) is 0 Å². The summed E-state index contributed by atoms with van der Waals surface area (Å²) in [4.78, 5) is 15.4. The molecule has 0 spiro atoms. The summed E-state index contributed by atoms with van der Waals surface area (Å²) in [6.45, 7) is 7.34. The minimum absolute atomic E-state index is 0.0377. The molecule has 2 rings (SSSR count). The Morgan fingerprint density at radius 3 is 2.83 bits per heavy atom. The van der Waals surface area contributed by atoms with Gasteiger partial charge in [-0.25, -0.2) is 4.79 Å². The van der Waals surface area contributed by atoms with E-state index in [2.05, 4.69) is 29.4 Å². The maximum Gasteiger partial charge on any atom is 0.315 e. The van der Waals surface area contributed by atoms with Gasteiger partial charge in [0.25, 0.3) is 0 Å². The molecule has 2 atom stereocenters. The van der Waals surface area contributed by atoms with Crippen LogP contribution in [0, 0.1) is 5.92 Å². The first-order chi connectivity index (χ1) is 11.1. The maximum absolute atomic E-state index is 12.0. The second kappa shape index (κ2) is 9.25. The van der Waals surface area contributed by atoms with Gasteiger partial charge in [-0.15, -0.1) is 11.3 Å². The molecule has 2 heterocycles. The van der Waals surface area contributed by atoms with Gasteiger partial charge in [0.05, 0.1) is 12.1 Å². The Morgan fingerprint density at radius 1 is 1.48 bits per heavy atom. The number of rotatable bonds is 7. The van der Waals surface area contributed by atoms with E-state index in [0.717, 1.165) is 30.3 Å². The molecule has 2 amide bonds. The Balaban J connectivity index is 1.67. The number of carbonyl (C=O) groups is 1. The monoisotopic (exact) mass is 339 g/mol. The number of hydrogen-bond donors (Lipinski definition) is 3. The van der Waals surface area contributed by atoms with E-state index in [-0.39, 0.29) is 12.1 Å². The zero-order valence-corrected chi connectivity index (χ0v) is 14.9. The minimum Gasteiger partial charge on any atom is -0.390 e. The summed E-state index contributed by atoms with van der Waals surface area (Å²) in [5, 5.41) is 17.9. The van der Waals surface area contributed by atoms with Crippen LogP contribution in [0.25, 0.3) is 0 Å². The lowest BCUT2D eigenvalue weighted by Gasteiger charge is -2.31. The summed E-state index contributed by atoms with van der Waals surface area (Å²) < 4.78 is 0. The number of thiophene rings is 1. The fourth-order valence-corrected chi connectivity index (χ4v) is 3.75. The zero-order chi connectivity index (χ0) is 16.7. The first kappa shape index (κ1) is 18.2. The predicted molar refractivity (Wildman–Crippen MR) is 94.7 cm³/mol. The molecule has 0 bridgehead atoms. The summed E-state index contributed by atoms with van der Waals surface area (Å²) in [5.74, 6) is 0.788. The van der Waals surface area contributed by atoms with Gasteiger partial charge in [-0.3, -0.25) is 0 Å². The quantitative estimate of drug-likeness (QED) is 0.715. The SMILES string of the molecule is CCC(NC(=O)NCC(O)CN1CCC(C)CC1)c1cccs1. The van der Waals surface area contributed by atoms with Gasteiger partial charge in [0.1, 0.15) is 0 Å². The summed E-state index contributed by atoms with van der Waals surface area (Å²) in [5.41, 5.74) is 0. The first-order valence-corrected chi connectivity index (χ1v) is 9.44. The highest BCUT2D eigenvalue weighted by molar-refractivity contribution is 7.10. The molecule has 1 aromatic rings. The third kappa shape index (κ3) is 6.12. The number of piperidine rings is 1. The molecule has 1 fully saturated rings. The van der Waals surface area contributed by atoms with Gasteiger partial charge in [0.2, 0.25) is 0 Å². The standard InChI is InChI=1S/C17H29N3O2S/c1-3-15(16-5-4-10-23-16)19-17(22)18-11-14(21)12-20-8-6-13(2)7-9-20/h4-5,10,13-15,21H,3,6-9,11-12H2,1-2H3,(H2,18,19,22). The third-order valence-corrected chi connectivity index (χ3v) is 5.43. The van der Waals surface area contributed by atoms with Crippen molar-refractivity contribution in [2.24, 2.45) is 5.92 Å². The Kier molecular flexibility index (Phi) is 7.33. The van der Waals surface area contributed by atoms with Crippen LogP contribution in [-0.4, -0.2) is 48.3 Å². The number of amides is 2. The Bertz CT molecular complexity index is 458. The highest BCUT2D eigenvalue weighted by atomic mass is 32.1. The number of urea groups is 1. The number of aliphatic hydroxyl groups is 1. The van der Waals surface area contributed by atoms with E-state index < -0.39 is 6.10 Å². The molecule has 1 saturated heterocycles. The average Bonchev–Trinajstić information content (AvgIpc) is 3.07. The van der Waals surface area contributed by atoms with Crippen LogP contribution in [0.2, 0.25) is 0 Å². The van der Waals surface area contributed by atoms with Crippen molar-refractivity contribution in [3.8, 4) is 0 Å². The molecule has 1 aliphatic rings. The highest BCUT2D eigenvalue weighted by Crippen LogP contribution is 2.21. The largest absolute Gasteiger partial charge is 0.390 e. The number of β-amino-alcohol motifs (C(OH)–C–C–N with tert-alkyl or cyclic N) is 1. The zero-order valence-electron chi connectivity index (χ0n) is 14.1. The van der Waals surface area contributed by atoms with Crippen LogP contribution in [0.5, 0.6) is 0 Å². The van der Waals surface area contributed by atoms with Gasteiger partial charge in [0, 0.05) is 18.0 Å². The molecule has 1 aromatic heterocycles. The van der Waals surface area contributed by atoms with E-state index in [1.54, 1.807) is 11.3 Å². The van der Waals surface area contributed by atoms with E-state index in [9.17, 15) is 9.90 Å². The molecule has 0 saturated carbocycles. The molecule has 0 aliphatic carbocycles. The molecule has 6 heteroatoms. The van der Waals surface area contributed by atoms with Crippen LogP contribution in [0.15, 0.2) is 17.5 Å². The Morgan fingerprint density at radius 2 is 2.22 bits per heavy atom. The van der Waals surface area contributed by atoms with Crippen LogP contribution >= 0.6 is 11.3 Å². The molecule has 130 valence electrons. The number of nitrogens with one attached hydrogen (secondary N) is 2. The average molecular weight is 340 g/mol. The van der Waals surface area contributed by atoms with Gasteiger partial charge < -0.3 is 20.6 Å². The second-order valence-electron chi connectivity index (χ2n) is 6.47. The number of likely N-dealkylation sites (tertiary alicyclic amines) is 1. The van der Waals surface area contributed by atoms with E-state index in [4.69, 9.17) is 0 Å². The van der Waals surface area contributed by atoms with E-state index >= 15 is 0 Å². The van der Waals surface area contributed by atoms with Gasteiger partial charge in [-0.1, -0.05) is 19.9 Å². The summed E-state index contributed by atoms with van der Waals surface area (Å²) in [6.07, 6.45) is 2.72. The van der Waals surface area contributed by atoms with E-state index in [1.807, 2.05) is 17.5 Å². The van der Waals surface area contributed by atoms with Gasteiger partial charge in [-0.2, -0.15) is 0 Å². The van der Waals surface area contributed by atoms with Crippen molar-refractivity contribution in [2.75, 3.05) is 26.2 Å². The molecule has 0 radical (unpaired) electrons. The van der Waals surface area contributed by atoms with Crippen LogP contribution in [0.1, 0.15) is 44.0 Å². The van der Waals surface area contributed by atoms with Crippen LogP contribution in [0.4, 0.5) is 4.79 Å². The number of hydrogen-bond acceptors (Lipinski definition) is 4. The Labute approximate surface area is 143 Å². The number of nitrogens with zero attached hydrogens (tertiary/aromatic N) is 1. The lowest BCUT2D eigenvalue weighted by atomic mass is 9.99. The van der Waals surface area contributed by atoms with Crippen molar-refractivity contribution < 1.29 is 9.90 Å². The van der Waals surface area contributed by atoms with E-state index in [0.29, 0.717) is 13.1 Å². The second-order valence-corrected chi connectivity index (χ2v) is 7.45. The van der Waals surface area contributed by atoms with Gasteiger partial charge >= 0.3 is 6.03 Å². The molecule has 23 heavy (non-hydrogen) atoms. The first-order valence-electron chi connectivity index (χ1n) is 8.56. The third-order valence-electron chi connectivity index (χ3n) is 4.44. The molecular weight excluding hydrogens is 310 g/mol. The molecule has 0 aromatic carbocycles. The Hall–Kier alpha value is -1.11. The van der Waals surface area contributed by atoms with Gasteiger partial charge in [-0.05, 0) is 49.7 Å². The summed E-state index contributed by atoms with van der Waals surface area (Å²) >= 11 is 1.65. The van der Waals surface area contributed by atoms with E-state index in [1.165, 1.54) is 12.8 Å². The van der Waals surface area contributed by atoms with Crippen molar-refractivity contribution >= 4 is 17.4 Å². The fourth-order valence-electron chi connectivity index (χ4n) is 2.89. The smallest absolute Gasteiger partial charge is 0.315 e.